The highest BCUT2D eigenvalue weighted by atomic mass is 16.6. The number of nitrogens with two attached hydrogens (primary N) is 1. The van der Waals surface area contributed by atoms with Crippen molar-refractivity contribution >= 4 is 0 Å². The van der Waals surface area contributed by atoms with E-state index in [9.17, 15) is 20.4 Å². The fourth-order valence-electron chi connectivity index (χ4n) is 2.51. The van der Waals surface area contributed by atoms with E-state index in [0.717, 1.165) is 5.56 Å². The minimum Gasteiger partial charge on any atom is -0.508 e. The second-order valence-corrected chi connectivity index (χ2v) is 5.31. The fraction of sp³-hybridized carbons (Fsp3) is 0.571. The lowest BCUT2D eigenvalue weighted by molar-refractivity contribution is -0.261. The van der Waals surface area contributed by atoms with Gasteiger partial charge in [0.25, 0.3) is 0 Å². The first-order valence-electron chi connectivity index (χ1n) is 6.64. The topological polar surface area (TPSA) is 116 Å². The molecule has 0 amide bonds. The Bertz CT molecular complexity index is 438. The molecule has 6 N–H and O–H groups in total. The number of rotatable bonds is 3. The van der Waals surface area contributed by atoms with Crippen molar-refractivity contribution in [1.82, 2.24) is 0 Å². The van der Waals surface area contributed by atoms with Gasteiger partial charge < -0.3 is 30.9 Å². The van der Waals surface area contributed by atoms with Crippen LogP contribution in [0.1, 0.15) is 24.9 Å². The van der Waals surface area contributed by atoms with Gasteiger partial charge >= 0.3 is 0 Å². The maximum Gasteiger partial charge on any atom is 0.160 e. The summed E-state index contributed by atoms with van der Waals surface area (Å²) in [6.07, 6.45) is -3.66. The molecule has 0 aromatic heterocycles. The summed E-state index contributed by atoms with van der Waals surface area (Å²) in [6.45, 7) is 1.59. The Morgan fingerprint density at radius 2 is 1.75 bits per heavy atom. The van der Waals surface area contributed by atoms with Gasteiger partial charge in [0, 0.05) is 12.0 Å². The first-order chi connectivity index (χ1) is 9.40. The monoisotopic (exact) mass is 283 g/mol. The highest BCUT2D eigenvalue weighted by Crippen LogP contribution is 2.31. The normalized spacial score (nSPS) is 35.8. The van der Waals surface area contributed by atoms with E-state index < -0.39 is 36.6 Å². The van der Waals surface area contributed by atoms with Gasteiger partial charge in [0.2, 0.25) is 0 Å². The van der Waals surface area contributed by atoms with Crippen molar-refractivity contribution in [2.75, 3.05) is 0 Å². The number of hydrogen-bond acceptors (Lipinski definition) is 6. The zero-order chi connectivity index (χ0) is 14.9. The van der Waals surface area contributed by atoms with Crippen LogP contribution < -0.4 is 5.73 Å². The Hall–Kier alpha value is -1.18. The Balaban J connectivity index is 2.06. The second-order valence-electron chi connectivity index (χ2n) is 5.31. The molecule has 1 saturated heterocycles. The molecule has 1 aromatic carbocycles. The minimum absolute atomic E-state index is 0.145. The predicted octanol–water partition coefficient (Wildman–Crippen LogP) is -0.143. The Morgan fingerprint density at radius 1 is 1.15 bits per heavy atom. The van der Waals surface area contributed by atoms with E-state index in [0.29, 0.717) is 0 Å². The van der Waals surface area contributed by atoms with E-state index in [4.69, 9.17) is 10.5 Å². The van der Waals surface area contributed by atoms with Crippen molar-refractivity contribution in [2.45, 2.75) is 44.0 Å². The third kappa shape index (κ3) is 3.11. The van der Waals surface area contributed by atoms with Crippen LogP contribution in [0.25, 0.3) is 0 Å². The summed E-state index contributed by atoms with van der Waals surface area (Å²) in [7, 11) is 0. The Labute approximate surface area is 117 Å². The van der Waals surface area contributed by atoms with Crippen molar-refractivity contribution in [3.63, 3.8) is 0 Å². The van der Waals surface area contributed by atoms with Gasteiger partial charge in [-0.15, -0.1) is 0 Å². The van der Waals surface area contributed by atoms with Crippen molar-refractivity contribution in [2.24, 2.45) is 11.7 Å². The van der Waals surface area contributed by atoms with Crippen LogP contribution in [-0.2, 0) is 4.74 Å². The molecule has 1 aliphatic rings. The summed E-state index contributed by atoms with van der Waals surface area (Å²) < 4.78 is 5.19. The Kier molecular flexibility index (Phi) is 4.62. The van der Waals surface area contributed by atoms with Crippen LogP contribution in [0.5, 0.6) is 5.75 Å². The molecule has 1 fully saturated rings. The van der Waals surface area contributed by atoms with Gasteiger partial charge in [-0.25, -0.2) is 0 Å². The van der Waals surface area contributed by atoms with Crippen LogP contribution in [0.3, 0.4) is 0 Å². The molecule has 0 aliphatic carbocycles. The number of aliphatic hydroxyl groups is 3. The van der Waals surface area contributed by atoms with Crippen LogP contribution in [0, 0.1) is 5.92 Å². The molecular weight excluding hydrogens is 262 g/mol. The largest absolute Gasteiger partial charge is 0.508 e. The summed E-state index contributed by atoms with van der Waals surface area (Å²) in [5.41, 5.74) is 6.81. The maximum atomic E-state index is 10.0. The Morgan fingerprint density at radius 3 is 2.35 bits per heavy atom. The van der Waals surface area contributed by atoms with Gasteiger partial charge in [-0.3, -0.25) is 0 Å². The van der Waals surface area contributed by atoms with Crippen molar-refractivity contribution in [1.29, 1.82) is 0 Å². The highest BCUT2D eigenvalue weighted by Gasteiger charge is 2.42. The molecule has 2 rings (SSSR count). The van der Waals surface area contributed by atoms with Crippen LogP contribution in [0.4, 0.5) is 0 Å². The van der Waals surface area contributed by atoms with Crippen molar-refractivity contribution in [3.8, 4) is 5.75 Å². The average molecular weight is 283 g/mol. The predicted molar refractivity (Wildman–Crippen MR) is 71.7 cm³/mol. The highest BCUT2D eigenvalue weighted by molar-refractivity contribution is 5.27. The zero-order valence-corrected chi connectivity index (χ0v) is 11.3. The number of benzene rings is 1. The van der Waals surface area contributed by atoms with Crippen LogP contribution in [0.2, 0.25) is 0 Å². The number of aromatic hydroxyl groups is 1. The van der Waals surface area contributed by atoms with E-state index in [-0.39, 0.29) is 12.2 Å². The maximum absolute atomic E-state index is 10.0. The molecule has 0 saturated carbocycles. The van der Waals surface area contributed by atoms with Gasteiger partial charge in [-0.1, -0.05) is 12.1 Å². The van der Waals surface area contributed by atoms with Gasteiger partial charge in [0.15, 0.2) is 6.29 Å². The lowest BCUT2D eigenvalue weighted by Crippen LogP contribution is -2.53. The standard InChI is InChI=1S/C14H21NO5/c1-7-12(17)13(18)10(14(19)20-7)6-11(15)8-2-4-9(16)5-3-8/h2-5,7,10-14,16-19H,6,15H2,1H3/t7-,10-,11?,12+,13-,14?/m0/s1. The van der Waals surface area contributed by atoms with Gasteiger partial charge in [-0.05, 0) is 31.0 Å². The van der Waals surface area contributed by atoms with Crippen molar-refractivity contribution in [3.05, 3.63) is 29.8 Å². The van der Waals surface area contributed by atoms with E-state index >= 15 is 0 Å². The second kappa shape index (κ2) is 6.07. The molecule has 1 heterocycles. The third-order valence-electron chi connectivity index (χ3n) is 3.84. The summed E-state index contributed by atoms with van der Waals surface area (Å²) in [6, 6.07) is 5.98. The summed E-state index contributed by atoms with van der Waals surface area (Å²) in [4.78, 5) is 0. The fourth-order valence-corrected chi connectivity index (χ4v) is 2.51. The first kappa shape index (κ1) is 15.2. The molecule has 6 heteroatoms. The number of hydrogen-bond donors (Lipinski definition) is 5. The zero-order valence-electron chi connectivity index (χ0n) is 11.3. The average Bonchev–Trinajstić information content (AvgIpc) is 2.42. The van der Waals surface area contributed by atoms with Crippen LogP contribution in [0.15, 0.2) is 24.3 Å². The van der Waals surface area contributed by atoms with Crippen LogP contribution >= 0.6 is 0 Å². The van der Waals surface area contributed by atoms with Crippen molar-refractivity contribution < 1.29 is 25.2 Å². The van der Waals surface area contributed by atoms with E-state index in [2.05, 4.69) is 0 Å². The summed E-state index contributed by atoms with van der Waals surface area (Å²) in [5, 5.41) is 38.9. The molecule has 1 aliphatic heterocycles. The molecule has 2 unspecified atom stereocenters. The first-order valence-corrected chi connectivity index (χ1v) is 6.64. The molecule has 20 heavy (non-hydrogen) atoms. The molecule has 1 aromatic rings. The quantitative estimate of drug-likeness (QED) is 0.527. The molecule has 6 nitrogen and oxygen atoms in total. The smallest absolute Gasteiger partial charge is 0.160 e. The minimum atomic E-state index is -1.16. The number of ether oxygens (including phenoxy) is 1. The lowest BCUT2D eigenvalue weighted by atomic mass is 9.85. The van der Waals surface area contributed by atoms with E-state index in [1.165, 1.54) is 12.1 Å². The molecule has 6 atom stereocenters. The van der Waals surface area contributed by atoms with Gasteiger partial charge in [-0.2, -0.15) is 0 Å². The molecule has 112 valence electrons. The van der Waals surface area contributed by atoms with Gasteiger partial charge in [0.1, 0.15) is 11.9 Å². The van der Waals surface area contributed by atoms with E-state index in [1.54, 1.807) is 19.1 Å². The third-order valence-corrected chi connectivity index (χ3v) is 3.84. The van der Waals surface area contributed by atoms with E-state index in [1.807, 2.05) is 0 Å². The summed E-state index contributed by atoms with van der Waals surface area (Å²) >= 11 is 0. The number of aliphatic hydroxyl groups excluding tert-OH is 3. The lowest BCUT2D eigenvalue weighted by Gasteiger charge is -2.40. The molecule has 0 radical (unpaired) electrons. The van der Waals surface area contributed by atoms with Gasteiger partial charge in [0.05, 0.1) is 12.2 Å². The molecule has 0 spiro atoms. The summed E-state index contributed by atoms with van der Waals surface area (Å²) in [5.74, 6) is -0.517. The van der Waals surface area contributed by atoms with Crippen LogP contribution in [-0.4, -0.2) is 45.0 Å². The molecular formula is C14H21NO5. The number of phenols is 1. The SMILES string of the molecule is C[C@@H]1OC(O)[C@@H](CC(N)c2ccc(O)cc2)[C@H](O)[C@@H]1O. The molecule has 0 bridgehead atoms. The number of phenolic OH excluding ortho intramolecular Hbond substituents is 1.